The molecule has 0 aromatic carbocycles. The Morgan fingerprint density at radius 2 is 1.65 bits per heavy atom. The molecule has 1 saturated heterocycles. The van der Waals surface area contributed by atoms with Crippen molar-refractivity contribution in [3.8, 4) is 0 Å². The van der Waals surface area contributed by atoms with E-state index in [-0.39, 0.29) is 0 Å². The second-order valence-corrected chi connectivity index (χ2v) is 5.67. The van der Waals surface area contributed by atoms with Gasteiger partial charge in [0.1, 0.15) is 0 Å². The van der Waals surface area contributed by atoms with Crippen LogP contribution in [0.25, 0.3) is 0 Å². The van der Waals surface area contributed by atoms with Gasteiger partial charge in [-0.25, -0.2) is 0 Å². The molecule has 2 fully saturated rings. The van der Waals surface area contributed by atoms with Crippen molar-refractivity contribution in [1.29, 1.82) is 0 Å². The maximum absolute atomic E-state index is 5.76. The Bertz CT molecular complexity index is 196. The van der Waals surface area contributed by atoms with Gasteiger partial charge in [0, 0.05) is 32.2 Å². The first kappa shape index (κ1) is 13.3. The maximum atomic E-state index is 5.76. The fourth-order valence-corrected chi connectivity index (χ4v) is 3.37. The molecule has 100 valence electrons. The molecule has 2 N–H and O–H groups in total. The SMILES string of the molecule is NCCN(CCN1CCCC1)C1CCCCC1. The largest absolute Gasteiger partial charge is 0.329 e. The fraction of sp³-hybridized carbons (Fsp3) is 1.00. The van der Waals surface area contributed by atoms with Crippen molar-refractivity contribution in [1.82, 2.24) is 9.80 Å². The minimum Gasteiger partial charge on any atom is -0.329 e. The van der Waals surface area contributed by atoms with Gasteiger partial charge in [-0.2, -0.15) is 0 Å². The molecule has 1 aliphatic carbocycles. The molecule has 1 aliphatic heterocycles. The summed E-state index contributed by atoms with van der Waals surface area (Å²) in [5.74, 6) is 0. The van der Waals surface area contributed by atoms with E-state index in [0.29, 0.717) is 0 Å². The van der Waals surface area contributed by atoms with Crippen molar-refractivity contribution in [3.63, 3.8) is 0 Å². The van der Waals surface area contributed by atoms with Gasteiger partial charge in [-0.3, -0.25) is 4.90 Å². The molecule has 3 heteroatoms. The van der Waals surface area contributed by atoms with E-state index >= 15 is 0 Å². The Labute approximate surface area is 106 Å². The van der Waals surface area contributed by atoms with Gasteiger partial charge in [0.25, 0.3) is 0 Å². The second kappa shape index (κ2) is 7.34. The standard InChI is InChI=1S/C14H29N3/c15-8-11-17(14-6-2-1-3-7-14)13-12-16-9-4-5-10-16/h14H,1-13,15H2. The molecule has 2 rings (SSSR count). The molecule has 2 aliphatic rings. The van der Waals surface area contributed by atoms with Crippen molar-refractivity contribution in [2.45, 2.75) is 51.0 Å². The first-order valence-corrected chi connectivity index (χ1v) is 7.56. The lowest BCUT2D eigenvalue weighted by atomic mass is 9.94. The Morgan fingerprint density at radius 3 is 2.29 bits per heavy atom. The first-order chi connectivity index (χ1) is 8.40. The smallest absolute Gasteiger partial charge is 0.0113 e. The minimum absolute atomic E-state index is 0.816. The fourth-order valence-electron chi connectivity index (χ4n) is 3.37. The van der Waals surface area contributed by atoms with Gasteiger partial charge in [0.05, 0.1) is 0 Å². The summed E-state index contributed by atoms with van der Waals surface area (Å²) in [7, 11) is 0. The Balaban J connectivity index is 1.74. The van der Waals surface area contributed by atoms with Gasteiger partial charge in [-0.15, -0.1) is 0 Å². The van der Waals surface area contributed by atoms with Crippen LogP contribution in [0.15, 0.2) is 0 Å². The zero-order valence-corrected chi connectivity index (χ0v) is 11.2. The molecule has 0 spiro atoms. The molecule has 0 amide bonds. The van der Waals surface area contributed by atoms with Crippen LogP contribution in [0.4, 0.5) is 0 Å². The van der Waals surface area contributed by atoms with Crippen LogP contribution in [0.1, 0.15) is 44.9 Å². The summed E-state index contributed by atoms with van der Waals surface area (Å²) in [6.45, 7) is 7.05. The van der Waals surface area contributed by atoms with Crippen LogP contribution in [0.5, 0.6) is 0 Å². The normalized spacial score (nSPS) is 23.6. The van der Waals surface area contributed by atoms with E-state index in [1.807, 2.05) is 0 Å². The minimum atomic E-state index is 0.816. The van der Waals surface area contributed by atoms with E-state index in [1.165, 1.54) is 71.1 Å². The lowest BCUT2D eigenvalue weighted by molar-refractivity contribution is 0.142. The van der Waals surface area contributed by atoms with Crippen molar-refractivity contribution >= 4 is 0 Å². The third-order valence-electron chi connectivity index (χ3n) is 4.41. The van der Waals surface area contributed by atoms with Gasteiger partial charge in [0.15, 0.2) is 0 Å². The molecule has 0 radical (unpaired) electrons. The molecule has 0 unspecified atom stereocenters. The topological polar surface area (TPSA) is 32.5 Å². The number of likely N-dealkylation sites (tertiary alicyclic amines) is 1. The van der Waals surface area contributed by atoms with Gasteiger partial charge in [-0.05, 0) is 38.8 Å². The number of hydrogen-bond donors (Lipinski definition) is 1. The third-order valence-corrected chi connectivity index (χ3v) is 4.41. The average Bonchev–Trinajstić information content (AvgIpc) is 2.88. The van der Waals surface area contributed by atoms with Crippen molar-refractivity contribution in [3.05, 3.63) is 0 Å². The van der Waals surface area contributed by atoms with E-state index in [4.69, 9.17) is 5.73 Å². The highest BCUT2D eigenvalue weighted by Gasteiger charge is 2.21. The zero-order chi connectivity index (χ0) is 11.9. The summed E-state index contributed by atoms with van der Waals surface area (Å²) in [5.41, 5.74) is 5.76. The molecule has 0 aromatic heterocycles. The summed E-state index contributed by atoms with van der Waals surface area (Å²) in [6.07, 6.45) is 9.91. The van der Waals surface area contributed by atoms with Gasteiger partial charge < -0.3 is 10.6 Å². The lowest BCUT2D eigenvalue weighted by Gasteiger charge is -2.35. The van der Waals surface area contributed by atoms with Gasteiger partial charge >= 0.3 is 0 Å². The molecule has 3 nitrogen and oxygen atoms in total. The quantitative estimate of drug-likeness (QED) is 0.765. The number of nitrogens with two attached hydrogens (primary N) is 1. The van der Waals surface area contributed by atoms with E-state index in [2.05, 4.69) is 9.80 Å². The van der Waals surface area contributed by atoms with Crippen molar-refractivity contribution in [2.75, 3.05) is 39.3 Å². The molecule has 0 bridgehead atoms. The summed E-state index contributed by atoms with van der Waals surface area (Å²) < 4.78 is 0. The maximum Gasteiger partial charge on any atom is 0.0113 e. The number of rotatable bonds is 6. The van der Waals surface area contributed by atoms with Crippen LogP contribution >= 0.6 is 0 Å². The molecule has 0 atom stereocenters. The predicted octanol–water partition coefficient (Wildman–Crippen LogP) is 1.68. The van der Waals surface area contributed by atoms with Crippen LogP contribution in [0.3, 0.4) is 0 Å². The van der Waals surface area contributed by atoms with Crippen LogP contribution < -0.4 is 5.73 Å². The number of hydrogen-bond acceptors (Lipinski definition) is 3. The highest BCUT2D eigenvalue weighted by Crippen LogP contribution is 2.22. The highest BCUT2D eigenvalue weighted by molar-refractivity contribution is 4.77. The monoisotopic (exact) mass is 239 g/mol. The predicted molar refractivity (Wildman–Crippen MR) is 73.2 cm³/mol. The van der Waals surface area contributed by atoms with E-state index in [1.54, 1.807) is 0 Å². The number of nitrogens with zero attached hydrogens (tertiary/aromatic N) is 2. The molecular formula is C14H29N3. The van der Waals surface area contributed by atoms with Crippen LogP contribution in [0.2, 0.25) is 0 Å². The first-order valence-electron chi connectivity index (χ1n) is 7.56. The Kier molecular flexibility index (Phi) is 5.75. The molecular weight excluding hydrogens is 210 g/mol. The van der Waals surface area contributed by atoms with Gasteiger partial charge in [0.2, 0.25) is 0 Å². The van der Waals surface area contributed by atoms with E-state index in [9.17, 15) is 0 Å². The Hall–Kier alpha value is -0.120. The van der Waals surface area contributed by atoms with Crippen molar-refractivity contribution in [2.24, 2.45) is 5.73 Å². The van der Waals surface area contributed by atoms with Crippen LogP contribution in [-0.2, 0) is 0 Å². The van der Waals surface area contributed by atoms with Crippen LogP contribution in [-0.4, -0.2) is 55.1 Å². The summed E-state index contributed by atoms with van der Waals surface area (Å²) in [4.78, 5) is 5.28. The van der Waals surface area contributed by atoms with Crippen LogP contribution in [0, 0.1) is 0 Å². The molecule has 1 heterocycles. The molecule has 1 saturated carbocycles. The van der Waals surface area contributed by atoms with Gasteiger partial charge in [-0.1, -0.05) is 19.3 Å². The lowest BCUT2D eigenvalue weighted by Crippen LogP contribution is -2.43. The summed E-state index contributed by atoms with van der Waals surface area (Å²) >= 11 is 0. The summed E-state index contributed by atoms with van der Waals surface area (Å²) in [6, 6.07) is 0.829. The second-order valence-electron chi connectivity index (χ2n) is 5.67. The van der Waals surface area contributed by atoms with Crippen molar-refractivity contribution < 1.29 is 0 Å². The molecule has 0 aromatic rings. The molecule has 17 heavy (non-hydrogen) atoms. The van der Waals surface area contributed by atoms with E-state index in [0.717, 1.165) is 19.1 Å². The average molecular weight is 239 g/mol. The summed E-state index contributed by atoms with van der Waals surface area (Å²) in [5, 5.41) is 0. The third kappa shape index (κ3) is 4.23. The Morgan fingerprint density at radius 1 is 0.941 bits per heavy atom. The highest BCUT2D eigenvalue weighted by atomic mass is 15.2. The van der Waals surface area contributed by atoms with E-state index < -0.39 is 0 Å². The zero-order valence-electron chi connectivity index (χ0n) is 11.2.